The van der Waals surface area contributed by atoms with Crippen molar-refractivity contribution >= 4 is 8.60 Å². The summed E-state index contributed by atoms with van der Waals surface area (Å²) in [5, 5.41) is 0. The van der Waals surface area contributed by atoms with Gasteiger partial charge in [-0.1, -0.05) is 26.7 Å². The van der Waals surface area contributed by atoms with E-state index in [2.05, 4.69) is 13.8 Å². The predicted molar refractivity (Wildman–Crippen MR) is 53.5 cm³/mol. The van der Waals surface area contributed by atoms with Gasteiger partial charge in [-0.3, -0.25) is 0 Å². The summed E-state index contributed by atoms with van der Waals surface area (Å²) in [6.45, 7) is 6.62. The van der Waals surface area contributed by atoms with Gasteiger partial charge in [0, 0.05) is 5.92 Å². The zero-order valence-electron chi connectivity index (χ0n) is 8.49. The summed E-state index contributed by atoms with van der Waals surface area (Å²) in [6.07, 6.45) is 3.55. The van der Waals surface area contributed by atoms with Gasteiger partial charge in [0.15, 0.2) is 0 Å². The molecule has 4 heteroatoms. The van der Waals surface area contributed by atoms with Crippen molar-refractivity contribution in [3.63, 3.8) is 0 Å². The van der Waals surface area contributed by atoms with Crippen LogP contribution in [0.1, 0.15) is 33.1 Å². The molecule has 13 heavy (non-hydrogen) atoms. The van der Waals surface area contributed by atoms with E-state index in [1.807, 2.05) is 0 Å². The second-order valence-electron chi connectivity index (χ2n) is 3.46. The van der Waals surface area contributed by atoms with Crippen LogP contribution in [0.15, 0.2) is 0 Å². The molecular formula is C9H19O3P. The molecule has 0 saturated carbocycles. The van der Waals surface area contributed by atoms with Crippen LogP contribution in [0.25, 0.3) is 0 Å². The predicted octanol–water partition coefficient (Wildman–Crippen LogP) is 3.10. The highest BCUT2D eigenvalue weighted by atomic mass is 31.2. The van der Waals surface area contributed by atoms with Gasteiger partial charge in [0.25, 0.3) is 0 Å². The van der Waals surface area contributed by atoms with Crippen LogP contribution in [-0.2, 0) is 13.6 Å². The fourth-order valence-electron chi connectivity index (χ4n) is 1.03. The van der Waals surface area contributed by atoms with Crippen molar-refractivity contribution in [3.8, 4) is 0 Å². The van der Waals surface area contributed by atoms with E-state index in [0.29, 0.717) is 5.92 Å². The van der Waals surface area contributed by atoms with Crippen molar-refractivity contribution in [3.05, 3.63) is 0 Å². The zero-order valence-corrected chi connectivity index (χ0v) is 9.39. The molecule has 1 aliphatic rings. The smallest absolute Gasteiger partial charge is 0.312 e. The monoisotopic (exact) mass is 206 g/mol. The molecule has 78 valence electrons. The van der Waals surface area contributed by atoms with E-state index in [4.69, 9.17) is 13.6 Å². The first-order chi connectivity index (χ1) is 6.33. The normalized spacial score (nSPS) is 29.1. The van der Waals surface area contributed by atoms with Crippen LogP contribution in [0.4, 0.5) is 0 Å². The van der Waals surface area contributed by atoms with Crippen molar-refractivity contribution in [2.75, 3.05) is 19.8 Å². The molecule has 0 amide bonds. The Kier molecular flexibility index (Phi) is 5.88. The zero-order chi connectivity index (χ0) is 9.52. The molecule has 1 fully saturated rings. The molecule has 0 N–H and O–H groups in total. The van der Waals surface area contributed by atoms with Crippen LogP contribution in [0, 0.1) is 5.92 Å². The fourth-order valence-corrected chi connectivity index (χ4v) is 2.28. The molecular weight excluding hydrogens is 187 g/mol. The molecule has 0 aromatic rings. The molecule has 0 atom stereocenters. The number of rotatable bonds is 5. The van der Waals surface area contributed by atoms with Crippen LogP contribution < -0.4 is 0 Å². The Morgan fingerprint density at radius 2 is 2.00 bits per heavy atom. The van der Waals surface area contributed by atoms with Gasteiger partial charge in [-0.05, 0) is 6.42 Å². The third-order valence-electron chi connectivity index (χ3n) is 1.87. The van der Waals surface area contributed by atoms with Gasteiger partial charge in [-0.15, -0.1) is 0 Å². The molecule has 3 nitrogen and oxygen atoms in total. The van der Waals surface area contributed by atoms with E-state index in [1.54, 1.807) is 0 Å². The SMILES string of the molecule is CCCCCOP1OCC(C)CO1. The first-order valence-electron chi connectivity index (χ1n) is 5.01. The molecule has 0 aromatic heterocycles. The Labute approximate surface area is 81.8 Å². The van der Waals surface area contributed by atoms with E-state index < -0.39 is 8.60 Å². The summed E-state index contributed by atoms with van der Waals surface area (Å²) in [5.74, 6) is 0.512. The molecule has 0 bridgehead atoms. The van der Waals surface area contributed by atoms with E-state index in [1.165, 1.54) is 12.8 Å². The van der Waals surface area contributed by atoms with Gasteiger partial charge in [0.05, 0.1) is 19.8 Å². The van der Waals surface area contributed by atoms with Gasteiger partial charge in [-0.2, -0.15) is 0 Å². The minimum atomic E-state index is -1.01. The summed E-state index contributed by atoms with van der Waals surface area (Å²) in [4.78, 5) is 0. The third-order valence-corrected chi connectivity index (χ3v) is 2.99. The standard InChI is InChI=1S/C9H19O3P/c1-3-4-5-6-10-13-11-7-9(2)8-12-13/h9H,3-8H2,1-2H3. The summed E-state index contributed by atoms with van der Waals surface area (Å²) in [5.41, 5.74) is 0. The average Bonchev–Trinajstić information content (AvgIpc) is 2.15. The minimum absolute atomic E-state index is 0.512. The van der Waals surface area contributed by atoms with Gasteiger partial charge >= 0.3 is 8.60 Å². The highest BCUT2D eigenvalue weighted by Gasteiger charge is 2.20. The second kappa shape index (κ2) is 6.72. The van der Waals surface area contributed by atoms with Crippen LogP contribution in [0.5, 0.6) is 0 Å². The van der Waals surface area contributed by atoms with E-state index in [0.717, 1.165) is 26.2 Å². The first kappa shape index (κ1) is 11.4. The van der Waals surface area contributed by atoms with Crippen LogP contribution in [0.3, 0.4) is 0 Å². The Balaban J connectivity index is 1.96. The van der Waals surface area contributed by atoms with Gasteiger partial charge < -0.3 is 13.6 Å². The number of hydrogen-bond acceptors (Lipinski definition) is 3. The van der Waals surface area contributed by atoms with E-state index in [-0.39, 0.29) is 0 Å². The number of hydrogen-bond donors (Lipinski definition) is 0. The van der Waals surface area contributed by atoms with E-state index >= 15 is 0 Å². The van der Waals surface area contributed by atoms with Crippen LogP contribution in [-0.4, -0.2) is 19.8 Å². The lowest BCUT2D eigenvalue weighted by molar-refractivity contribution is 0.0787. The lowest BCUT2D eigenvalue weighted by Crippen LogP contribution is -2.17. The topological polar surface area (TPSA) is 27.7 Å². The van der Waals surface area contributed by atoms with Gasteiger partial charge in [0.2, 0.25) is 0 Å². The minimum Gasteiger partial charge on any atom is -0.312 e. The highest BCUT2D eigenvalue weighted by Crippen LogP contribution is 2.43. The molecule has 1 heterocycles. The van der Waals surface area contributed by atoms with Crippen molar-refractivity contribution in [2.45, 2.75) is 33.1 Å². The summed E-state index contributed by atoms with van der Waals surface area (Å²) >= 11 is 0. The Morgan fingerprint density at radius 1 is 1.31 bits per heavy atom. The molecule has 1 rings (SSSR count). The summed E-state index contributed by atoms with van der Waals surface area (Å²) in [6, 6.07) is 0. The molecule has 0 radical (unpaired) electrons. The molecule has 1 saturated heterocycles. The van der Waals surface area contributed by atoms with Crippen molar-refractivity contribution < 1.29 is 13.6 Å². The highest BCUT2D eigenvalue weighted by molar-refractivity contribution is 7.41. The molecule has 0 spiro atoms. The third kappa shape index (κ3) is 4.92. The maximum atomic E-state index is 5.45. The summed E-state index contributed by atoms with van der Waals surface area (Å²) < 4.78 is 16.2. The van der Waals surface area contributed by atoms with Crippen LogP contribution >= 0.6 is 8.60 Å². The molecule has 0 aromatic carbocycles. The summed E-state index contributed by atoms with van der Waals surface area (Å²) in [7, 11) is -1.01. The maximum absolute atomic E-state index is 5.45. The quantitative estimate of drug-likeness (QED) is 0.511. The lowest BCUT2D eigenvalue weighted by atomic mass is 10.2. The lowest BCUT2D eigenvalue weighted by Gasteiger charge is -2.24. The second-order valence-corrected chi connectivity index (χ2v) is 4.68. The average molecular weight is 206 g/mol. The Bertz CT molecular complexity index is 124. The number of unbranched alkanes of at least 4 members (excludes halogenated alkanes) is 2. The Hall–Kier alpha value is 0.310. The Morgan fingerprint density at radius 3 is 2.62 bits per heavy atom. The van der Waals surface area contributed by atoms with E-state index in [9.17, 15) is 0 Å². The fraction of sp³-hybridized carbons (Fsp3) is 1.00. The van der Waals surface area contributed by atoms with Crippen molar-refractivity contribution in [2.24, 2.45) is 5.92 Å². The molecule has 0 aliphatic carbocycles. The van der Waals surface area contributed by atoms with Gasteiger partial charge in [-0.25, -0.2) is 0 Å². The van der Waals surface area contributed by atoms with Gasteiger partial charge in [0.1, 0.15) is 0 Å². The molecule has 0 unspecified atom stereocenters. The van der Waals surface area contributed by atoms with Crippen molar-refractivity contribution in [1.82, 2.24) is 0 Å². The van der Waals surface area contributed by atoms with Crippen molar-refractivity contribution in [1.29, 1.82) is 0 Å². The first-order valence-corrected chi connectivity index (χ1v) is 6.11. The maximum Gasteiger partial charge on any atom is 0.332 e. The largest absolute Gasteiger partial charge is 0.332 e. The molecule has 1 aliphatic heterocycles. The van der Waals surface area contributed by atoms with Crippen LogP contribution in [0.2, 0.25) is 0 Å².